The summed E-state index contributed by atoms with van der Waals surface area (Å²) in [6, 6.07) is 4.74. The van der Waals surface area contributed by atoms with E-state index >= 15 is 0 Å². The molecule has 2 aromatic rings. The number of benzene rings is 1. The monoisotopic (exact) mass is 297 g/mol. The molecule has 0 aliphatic rings. The van der Waals surface area contributed by atoms with Gasteiger partial charge in [-0.15, -0.1) is 10.2 Å². The van der Waals surface area contributed by atoms with Gasteiger partial charge in [-0.1, -0.05) is 29.9 Å². The van der Waals surface area contributed by atoms with E-state index in [1.54, 1.807) is 12.1 Å². The second-order valence-corrected chi connectivity index (χ2v) is 5.32. The van der Waals surface area contributed by atoms with E-state index in [0.717, 1.165) is 16.4 Å². The minimum atomic E-state index is -0.580. The molecule has 0 aliphatic heterocycles. The zero-order valence-electron chi connectivity index (χ0n) is 10.2. The number of rotatable bonds is 5. The Morgan fingerprint density at radius 1 is 1.42 bits per heavy atom. The van der Waals surface area contributed by atoms with E-state index in [0.29, 0.717) is 10.8 Å². The van der Waals surface area contributed by atoms with Gasteiger partial charge < -0.3 is 10.5 Å². The third kappa shape index (κ3) is 3.42. The Kier molecular flexibility index (Phi) is 4.34. The third-order valence-electron chi connectivity index (χ3n) is 2.37. The molecule has 2 rings (SSSR count). The average molecular weight is 298 g/mol. The van der Waals surface area contributed by atoms with Crippen molar-refractivity contribution in [3.63, 3.8) is 0 Å². The Hall–Kier alpha value is -1.66. The van der Waals surface area contributed by atoms with E-state index in [2.05, 4.69) is 10.2 Å². The van der Waals surface area contributed by atoms with Gasteiger partial charge >= 0.3 is 0 Å². The Bertz CT molecular complexity index is 600. The number of nitrogens with zero attached hydrogens (tertiary/aromatic N) is 2. The molecule has 1 heterocycles. The molecule has 0 radical (unpaired) electrons. The highest BCUT2D eigenvalue weighted by Crippen LogP contribution is 2.24. The summed E-state index contributed by atoms with van der Waals surface area (Å²) in [6.45, 7) is 2.26. The van der Waals surface area contributed by atoms with Crippen LogP contribution in [0.25, 0.3) is 0 Å². The molecule has 0 bridgehead atoms. The zero-order chi connectivity index (χ0) is 13.8. The summed E-state index contributed by atoms with van der Waals surface area (Å²) < 4.78 is 5.55. The van der Waals surface area contributed by atoms with Crippen molar-refractivity contribution in [3.8, 4) is 5.75 Å². The summed E-state index contributed by atoms with van der Waals surface area (Å²) in [4.78, 5) is 11.3. The van der Waals surface area contributed by atoms with Crippen molar-refractivity contribution in [2.75, 3.05) is 0 Å². The fourth-order valence-corrected chi connectivity index (χ4v) is 2.32. The molecular weight excluding hydrogens is 286 g/mol. The highest BCUT2D eigenvalue weighted by molar-refractivity contribution is 7.11. The van der Waals surface area contributed by atoms with Crippen molar-refractivity contribution in [2.24, 2.45) is 5.73 Å². The smallest absolute Gasteiger partial charge is 0.252 e. The maximum absolute atomic E-state index is 11.3. The molecular formula is C12H12ClN3O2S. The zero-order valence-corrected chi connectivity index (χ0v) is 11.8. The fraction of sp³-hybridized carbons (Fsp3) is 0.250. The van der Waals surface area contributed by atoms with Crippen LogP contribution in [0.5, 0.6) is 5.75 Å². The molecule has 100 valence electrons. The second kappa shape index (κ2) is 5.99. The molecule has 2 N–H and O–H groups in total. The number of aryl methyl sites for hydroxylation is 1. The molecule has 0 saturated heterocycles. The maximum Gasteiger partial charge on any atom is 0.252 e. The molecule has 0 spiro atoms. The topological polar surface area (TPSA) is 78.1 Å². The lowest BCUT2D eigenvalue weighted by atomic mass is 10.2. The predicted molar refractivity (Wildman–Crippen MR) is 73.6 cm³/mol. The van der Waals surface area contributed by atoms with Crippen LogP contribution in [0, 0.1) is 0 Å². The number of amides is 1. The quantitative estimate of drug-likeness (QED) is 0.919. The van der Waals surface area contributed by atoms with E-state index in [1.165, 1.54) is 17.4 Å². The molecule has 1 aromatic carbocycles. The summed E-state index contributed by atoms with van der Waals surface area (Å²) in [5, 5.41) is 10.1. The summed E-state index contributed by atoms with van der Waals surface area (Å²) in [5.41, 5.74) is 5.53. The lowest BCUT2D eigenvalue weighted by Crippen LogP contribution is -2.13. The van der Waals surface area contributed by atoms with Gasteiger partial charge in [0, 0.05) is 5.02 Å². The van der Waals surface area contributed by atoms with Gasteiger partial charge in [-0.2, -0.15) is 0 Å². The highest BCUT2D eigenvalue weighted by Gasteiger charge is 2.11. The molecule has 0 unspecified atom stereocenters. The van der Waals surface area contributed by atoms with Crippen LogP contribution in [0.3, 0.4) is 0 Å². The van der Waals surface area contributed by atoms with Gasteiger partial charge in [-0.05, 0) is 24.6 Å². The van der Waals surface area contributed by atoms with Crippen LogP contribution in [-0.4, -0.2) is 16.1 Å². The van der Waals surface area contributed by atoms with Gasteiger partial charge in [0.15, 0.2) is 5.01 Å². The van der Waals surface area contributed by atoms with Crippen LogP contribution in [0.1, 0.15) is 27.3 Å². The first kappa shape index (κ1) is 13.8. The number of nitrogens with two attached hydrogens (primary N) is 1. The van der Waals surface area contributed by atoms with E-state index in [-0.39, 0.29) is 12.2 Å². The Balaban J connectivity index is 2.12. The summed E-state index contributed by atoms with van der Waals surface area (Å²) >= 11 is 7.30. The standard InChI is InChI=1S/C12H12ClN3O2S/c1-2-10-15-16-11(19-10)6-18-9-4-3-7(13)5-8(9)12(14)17/h3-5H,2,6H2,1H3,(H2,14,17). The number of carbonyl (C=O) groups is 1. The average Bonchev–Trinajstić information content (AvgIpc) is 2.85. The number of hydrogen-bond donors (Lipinski definition) is 1. The molecule has 5 nitrogen and oxygen atoms in total. The Morgan fingerprint density at radius 3 is 2.79 bits per heavy atom. The first-order chi connectivity index (χ1) is 9.10. The van der Waals surface area contributed by atoms with Gasteiger partial charge in [0.05, 0.1) is 5.56 Å². The number of primary amides is 1. The Labute approximate surface area is 119 Å². The lowest BCUT2D eigenvalue weighted by Gasteiger charge is -2.08. The lowest BCUT2D eigenvalue weighted by molar-refractivity contribution is 0.0996. The van der Waals surface area contributed by atoms with Crippen molar-refractivity contribution in [1.29, 1.82) is 0 Å². The summed E-state index contributed by atoms with van der Waals surface area (Å²) in [7, 11) is 0. The van der Waals surface area contributed by atoms with Gasteiger partial charge in [-0.25, -0.2) is 0 Å². The van der Waals surface area contributed by atoms with E-state index < -0.39 is 5.91 Å². The minimum Gasteiger partial charge on any atom is -0.486 e. The summed E-state index contributed by atoms with van der Waals surface area (Å²) in [6.07, 6.45) is 0.838. The highest BCUT2D eigenvalue weighted by atomic mass is 35.5. The first-order valence-corrected chi connectivity index (χ1v) is 6.83. The normalized spacial score (nSPS) is 10.4. The molecule has 0 atom stereocenters. The van der Waals surface area contributed by atoms with Gasteiger partial charge in [0.25, 0.3) is 5.91 Å². The third-order valence-corrected chi connectivity index (χ3v) is 3.65. The van der Waals surface area contributed by atoms with Crippen LogP contribution in [0.15, 0.2) is 18.2 Å². The second-order valence-electron chi connectivity index (χ2n) is 3.74. The molecule has 0 saturated carbocycles. The van der Waals surface area contributed by atoms with E-state index in [1.807, 2.05) is 6.92 Å². The van der Waals surface area contributed by atoms with Crippen molar-refractivity contribution in [2.45, 2.75) is 20.0 Å². The Morgan fingerprint density at radius 2 is 2.16 bits per heavy atom. The number of carbonyl (C=O) groups excluding carboxylic acids is 1. The number of halogens is 1. The number of hydrogen-bond acceptors (Lipinski definition) is 5. The molecule has 19 heavy (non-hydrogen) atoms. The van der Waals surface area contributed by atoms with Crippen LogP contribution in [-0.2, 0) is 13.0 Å². The largest absolute Gasteiger partial charge is 0.486 e. The van der Waals surface area contributed by atoms with E-state index in [4.69, 9.17) is 22.1 Å². The molecule has 7 heteroatoms. The van der Waals surface area contributed by atoms with Gasteiger partial charge in [-0.3, -0.25) is 4.79 Å². The van der Waals surface area contributed by atoms with Gasteiger partial charge in [0.2, 0.25) is 0 Å². The van der Waals surface area contributed by atoms with Crippen molar-refractivity contribution >= 4 is 28.8 Å². The fourth-order valence-electron chi connectivity index (χ4n) is 1.45. The molecule has 1 aromatic heterocycles. The van der Waals surface area contributed by atoms with Crippen LogP contribution >= 0.6 is 22.9 Å². The SMILES string of the molecule is CCc1nnc(COc2ccc(Cl)cc2C(N)=O)s1. The van der Waals surface area contributed by atoms with Crippen LogP contribution in [0.4, 0.5) is 0 Å². The summed E-state index contributed by atoms with van der Waals surface area (Å²) in [5.74, 6) is -0.186. The van der Waals surface area contributed by atoms with Gasteiger partial charge in [0.1, 0.15) is 17.4 Å². The van der Waals surface area contributed by atoms with Crippen molar-refractivity contribution < 1.29 is 9.53 Å². The predicted octanol–water partition coefficient (Wildman–Crippen LogP) is 2.43. The maximum atomic E-state index is 11.3. The minimum absolute atomic E-state index is 0.250. The van der Waals surface area contributed by atoms with E-state index in [9.17, 15) is 4.79 Å². The molecule has 1 amide bonds. The van der Waals surface area contributed by atoms with Crippen molar-refractivity contribution in [1.82, 2.24) is 10.2 Å². The molecule has 0 aliphatic carbocycles. The number of aromatic nitrogens is 2. The first-order valence-electron chi connectivity index (χ1n) is 5.63. The van der Waals surface area contributed by atoms with Crippen LogP contribution in [0.2, 0.25) is 5.02 Å². The molecule has 0 fully saturated rings. The van der Waals surface area contributed by atoms with Crippen molar-refractivity contribution in [3.05, 3.63) is 38.8 Å². The number of ether oxygens (including phenoxy) is 1. The van der Waals surface area contributed by atoms with Crippen LogP contribution < -0.4 is 10.5 Å².